The summed E-state index contributed by atoms with van der Waals surface area (Å²) < 4.78 is 50.1. The van der Waals surface area contributed by atoms with E-state index in [1.807, 2.05) is 0 Å². The average Bonchev–Trinajstić information content (AvgIpc) is 2.59. The number of benzene rings is 1. The van der Waals surface area contributed by atoms with Crippen LogP contribution >= 0.6 is 0 Å². The van der Waals surface area contributed by atoms with E-state index in [9.17, 15) is 18.0 Å². The molecule has 1 heterocycles. The van der Waals surface area contributed by atoms with Crippen molar-refractivity contribution in [3.05, 3.63) is 23.3 Å². The van der Waals surface area contributed by atoms with Crippen molar-refractivity contribution in [3.63, 3.8) is 0 Å². The molecule has 0 unspecified atom stereocenters. The van der Waals surface area contributed by atoms with Gasteiger partial charge in [-0.05, 0) is 6.07 Å². The molecule has 1 aromatic rings. The van der Waals surface area contributed by atoms with Crippen molar-refractivity contribution < 1.29 is 32.5 Å². The second-order valence-electron chi connectivity index (χ2n) is 5.82. The second-order valence-corrected chi connectivity index (χ2v) is 5.82. The molecule has 0 spiro atoms. The number of carboxylic acid groups (broad SMARTS) is 1. The van der Waals surface area contributed by atoms with E-state index in [1.54, 1.807) is 13.8 Å². The summed E-state index contributed by atoms with van der Waals surface area (Å²) in [6, 6.07) is 2.20. The fraction of sp³-hybridized carbons (Fsp3) is 0.533. The molecule has 122 valence electrons. The summed E-state index contributed by atoms with van der Waals surface area (Å²) >= 11 is 0. The first kappa shape index (κ1) is 16.5. The van der Waals surface area contributed by atoms with Crippen LogP contribution in [0.25, 0.3) is 0 Å². The Labute approximate surface area is 125 Å². The van der Waals surface area contributed by atoms with Crippen molar-refractivity contribution in [2.24, 2.45) is 0 Å². The highest BCUT2D eigenvalue weighted by molar-refractivity contribution is 5.70. The molecule has 0 bridgehead atoms. The number of rotatable bonds is 3. The van der Waals surface area contributed by atoms with Crippen LogP contribution in [-0.4, -0.2) is 24.3 Å². The highest BCUT2D eigenvalue weighted by atomic mass is 19.4. The summed E-state index contributed by atoms with van der Waals surface area (Å²) in [6.07, 6.45) is -4.33. The molecule has 1 aliphatic heterocycles. The number of hydrogen-bond donors (Lipinski definition) is 1. The van der Waals surface area contributed by atoms with Gasteiger partial charge in [-0.3, -0.25) is 4.79 Å². The number of carbonyl (C=O) groups is 1. The maximum atomic E-state index is 13.1. The molecule has 7 heteroatoms. The predicted octanol–water partition coefficient (Wildman–Crippen LogP) is 3.62. The van der Waals surface area contributed by atoms with Crippen LogP contribution in [0.5, 0.6) is 11.5 Å². The van der Waals surface area contributed by atoms with Gasteiger partial charge in [0.2, 0.25) is 0 Å². The Hall–Kier alpha value is -1.92. The smallest absolute Gasteiger partial charge is 0.420 e. The van der Waals surface area contributed by atoms with Crippen molar-refractivity contribution in [1.82, 2.24) is 0 Å². The minimum atomic E-state index is -4.56. The predicted molar refractivity (Wildman–Crippen MR) is 72.3 cm³/mol. The maximum Gasteiger partial charge on any atom is 0.420 e. The van der Waals surface area contributed by atoms with E-state index in [2.05, 4.69) is 0 Å². The first-order chi connectivity index (χ1) is 10.1. The zero-order valence-corrected chi connectivity index (χ0v) is 12.3. The number of aliphatic carboxylic acids is 1. The number of ether oxygens (including phenoxy) is 2. The number of fused-ring (bicyclic) bond motifs is 1. The topological polar surface area (TPSA) is 55.8 Å². The second kappa shape index (κ2) is 5.70. The largest absolute Gasteiger partial charge is 0.489 e. The summed E-state index contributed by atoms with van der Waals surface area (Å²) in [5.74, 6) is -1.38. The summed E-state index contributed by atoms with van der Waals surface area (Å²) in [4.78, 5) is 11.0. The lowest BCUT2D eigenvalue weighted by Crippen LogP contribution is -2.23. The minimum absolute atomic E-state index is 0.00132. The van der Waals surface area contributed by atoms with Crippen LogP contribution in [0.2, 0.25) is 0 Å². The van der Waals surface area contributed by atoms with Crippen LogP contribution in [0.15, 0.2) is 12.1 Å². The van der Waals surface area contributed by atoms with Crippen LogP contribution in [0.3, 0.4) is 0 Å². The zero-order valence-electron chi connectivity index (χ0n) is 12.3. The van der Waals surface area contributed by atoms with E-state index in [-0.39, 0.29) is 31.1 Å². The molecule has 1 aromatic carbocycles. The van der Waals surface area contributed by atoms with Gasteiger partial charge in [-0.2, -0.15) is 13.2 Å². The van der Waals surface area contributed by atoms with Gasteiger partial charge < -0.3 is 14.6 Å². The number of carboxylic acids is 1. The van der Waals surface area contributed by atoms with Crippen molar-refractivity contribution in [2.75, 3.05) is 13.2 Å². The van der Waals surface area contributed by atoms with Crippen molar-refractivity contribution in [1.29, 1.82) is 0 Å². The van der Waals surface area contributed by atoms with Crippen LogP contribution < -0.4 is 9.47 Å². The lowest BCUT2D eigenvalue weighted by atomic mass is 9.80. The standard InChI is InChI=1S/C15H17F3O4/c1-14(2,8-11(19)20)9-4-5-10(15(16,17)18)13-12(9)21-6-3-7-22-13/h4-5H,3,6-8H2,1-2H3,(H,19,20). The Morgan fingerprint density at radius 3 is 2.14 bits per heavy atom. The van der Waals surface area contributed by atoms with Crippen LogP contribution in [-0.2, 0) is 16.4 Å². The molecule has 0 aromatic heterocycles. The quantitative estimate of drug-likeness (QED) is 0.925. The molecular weight excluding hydrogens is 301 g/mol. The molecule has 0 amide bonds. The zero-order chi connectivity index (χ0) is 16.5. The molecule has 0 saturated carbocycles. The molecule has 0 radical (unpaired) electrons. The lowest BCUT2D eigenvalue weighted by molar-refractivity contribution is -0.140. The van der Waals surface area contributed by atoms with Gasteiger partial charge in [0.1, 0.15) is 5.56 Å². The molecule has 2 rings (SSSR count). The molecule has 0 fully saturated rings. The van der Waals surface area contributed by atoms with Crippen molar-refractivity contribution >= 4 is 5.97 Å². The Bertz CT molecular complexity index is 579. The Kier molecular flexibility index (Phi) is 4.26. The first-order valence-electron chi connectivity index (χ1n) is 6.85. The van der Waals surface area contributed by atoms with Crippen LogP contribution in [0.1, 0.15) is 37.8 Å². The summed E-state index contributed by atoms with van der Waals surface area (Å²) in [7, 11) is 0. The highest BCUT2D eigenvalue weighted by Crippen LogP contribution is 2.48. The van der Waals surface area contributed by atoms with Gasteiger partial charge >= 0.3 is 12.1 Å². The van der Waals surface area contributed by atoms with E-state index in [1.165, 1.54) is 6.07 Å². The van der Waals surface area contributed by atoms with Crippen LogP contribution in [0, 0.1) is 0 Å². The van der Waals surface area contributed by atoms with Gasteiger partial charge in [0, 0.05) is 17.4 Å². The molecular formula is C15H17F3O4. The number of halogens is 3. The monoisotopic (exact) mass is 318 g/mol. The van der Waals surface area contributed by atoms with Gasteiger partial charge in [0.15, 0.2) is 11.5 Å². The summed E-state index contributed by atoms with van der Waals surface area (Å²) in [5.41, 5.74) is -1.38. The van der Waals surface area contributed by atoms with Crippen molar-refractivity contribution in [3.8, 4) is 11.5 Å². The van der Waals surface area contributed by atoms with E-state index in [0.717, 1.165) is 6.07 Å². The Balaban J connectivity index is 2.60. The first-order valence-corrected chi connectivity index (χ1v) is 6.85. The third-order valence-electron chi connectivity index (χ3n) is 3.52. The normalized spacial score (nSPS) is 15.3. The highest BCUT2D eigenvalue weighted by Gasteiger charge is 2.39. The third kappa shape index (κ3) is 3.28. The molecule has 1 N–H and O–H groups in total. The van der Waals surface area contributed by atoms with E-state index in [4.69, 9.17) is 14.6 Å². The molecule has 22 heavy (non-hydrogen) atoms. The SMILES string of the molecule is CC(C)(CC(=O)O)c1ccc(C(F)(F)F)c2c1OCCCO2. The average molecular weight is 318 g/mol. The van der Waals surface area contributed by atoms with E-state index in [0.29, 0.717) is 12.0 Å². The molecule has 0 atom stereocenters. The summed E-state index contributed by atoms with van der Waals surface area (Å²) in [5, 5.41) is 9.00. The van der Waals surface area contributed by atoms with Gasteiger partial charge in [0.05, 0.1) is 19.6 Å². The number of hydrogen-bond acceptors (Lipinski definition) is 3. The van der Waals surface area contributed by atoms with Gasteiger partial charge in [-0.1, -0.05) is 19.9 Å². The minimum Gasteiger partial charge on any atom is -0.489 e. The Morgan fingerprint density at radius 1 is 1.14 bits per heavy atom. The molecule has 4 nitrogen and oxygen atoms in total. The molecule has 1 aliphatic rings. The molecule has 0 saturated heterocycles. The van der Waals surface area contributed by atoms with Gasteiger partial charge in [-0.15, -0.1) is 0 Å². The fourth-order valence-electron chi connectivity index (χ4n) is 2.49. The fourth-order valence-corrected chi connectivity index (χ4v) is 2.49. The lowest BCUT2D eigenvalue weighted by Gasteiger charge is -2.27. The van der Waals surface area contributed by atoms with Gasteiger partial charge in [0.25, 0.3) is 0 Å². The summed E-state index contributed by atoms with van der Waals surface area (Å²) in [6.45, 7) is 3.65. The van der Waals surface area contributed by atoms with Crippen LogP contribution in [0.4, 0.5) is 13.2 Å². The van der Waals surface area contributed by atoms with Crippen molar-refractivity contribution in [2.45, 2.75) is 38.3 Å². The number of alkyl halides is 3. The maximum absolute atomic E-state index is 13.1. The van der Waals surface area contributed by atoms with Gasteiger partial charge in [-0.25, -0.2) is 0 Å². The van der Waals surface area contributed by atoms with E-state index >= 15 is 0 Å². The Morgan fingerprint density at radius 2 is 1.64 bits per heavy atom. The third-order valence-corrected chi connectivity index (χ3v) is 3.52. The molecule has 0 aliphatic carbocycles. The van der Waals surface area contributed by atoms with E-state index < -0.39 is 23.1 Å².